The molecule has 1 saturated heterocycles. The Morgan fingerprint density at radius 1 is 1.15 bits per heavy atom. The maximum atomic E-state index is 13.9. The number of morpholine rings is 1. The Morgan fingerprint density at radius 3 is 2.70 bits per heavy atom. The van der Waals surface area contributed by atoms with Gasteiger partial charge in [-0.2, -0.15) is 17.5 Å². The molecular weight excluding hydrogens is 551 g/mol. The molecule has 4 heterocycles. The number of fused-ring (bicyclic) bond motifs is 1. The fourth-order valence-corrected chi connectivity index (χ4v) is 5.63. The Morgan fingerprint density at radius 2 is 1.95 bits per heavy atom. The molecule has 0 aliphatic carbocycles. The molecule has 216 valence electrons. The molecule has 2 aliphatic rings. The van der Waals surface area contributed by atoms with Gasteiger partial charge in [-0.3, -0.25) is 4.90 Å². The fraction of sp³-hybridized carbons (Fsp3) is 0.462. The topological polar surface area (TPSA) is 110 Å². The summed E-state index contributed by atoms with van der Waals surface area (Å²) in [7, 11) is -3.47. The molecule has 2 aromatic heterocycles. The summed E-state index contributed by atoms with van der Waals surface area (Å²) in [6.45, 7) is 6.07. The Hall–Kier alpha value is -3.20. The van der Waals surface area contributed by atoms with Crippen molar-refractivity contribution >= 4 is 21.7 Å². The van der Waals surface area contributed by atoms with Gasteiger partial charge in [0.05, 0.1) is 25.5 Å². The number of halogens is 3. The van der Waals surface area contributed by atoms with Crippen molar-refractivity contribution in [2.24, 2.45) is 0 Å². The minimum absolute atomic E-state index is 0.0403. The van der Waals surface area contributed by atoms with E-state index >= 15 is 0 Å². The first-order valence-corrected chi connectivity index (χ1v) is 14.6. The average molecular weight is 582 g/mol. The van der Waals surface area contributed by atoms with Crippen molar-refractivity contribution in [2.75, 3.05) is 57.1 Å². The largest absolute Gasteiger partial charge is 0.492 e. The maximum Gasteiger partial charge on any atom is 0.420 e. The zero-order valence-corrected chi connectivity index (χ0v) is 22.7. The van der Waals surface area contributed by atoms with Crippen LogP contribution in [0.25, 0.3) is 11.5 Å². The number of rotatable bonds is 9. The molecule has 3 aromatic rings. The number of furan rings is 1. The van der Waals surface area contributed by atoms with Gasteiger partial charge in [0.15, 0.2) is 5.76 Å². The zero-order chi connectivity index (χ0) is 28.3. The Kier molecular flexibility index (Phi) is 8.31. The van der Waals surface area contributed by atoms with E-state index in [4.69, 9.17) is 13.9 Å². The van der Waals surface area contributed by atoms with Gasteiger partial charge >= 0.3 is 6.18 Å². The van der Waals surface area contributed by atoms with E-state index in [1.807, 2.05) is 0 Å². The first kappa shape index (κ1) is 28.3. The predicted molar refractivity (Wildman–Crippen MR) is 141 cm³/mol. The zero-order valence-electron chi connectivity index (χ0n) is 21.9. The van der Waals surface area contributed by atoms with Crippen LogP contribution in [0.4, 0.5) is 24.8 Å². The number of nitrogens with one attached hydrogen (secondary N) is 1. The molecule has 1 aromatic carbocycles. The highest BCUT2D eigenvalue weighted by Crippen LogP contribution is 2.39. The molecule has 0 radical (unpaired) electrons. The van der Waals surface area contributed by atoms with Crippen molar-refractivity contribution in [3.05, 3.63) is 53.4 Å². The van der Waals surface area contributed by atoms with E-state index in [1.54, 1.807) is 24.3 Å². The highest BCUT2D eigenvalue weighted by molar-refractivity contribution is 7.89. The highest BCUT2D eigenvalue weighted by Gasteiger charge is 2.37. The maximum absolute atomic E-state index is 13.9. The number of aromatic nitrogens is 2. The van der Waals surface area contributed by atoms with Crippen molar-refractivity contribution in [2.45, 2.75) is 26.1 Å². The van der Waals surface area contributed by atoms with Crippen LogP contribution in [0.3, 0.4) is 0 Å². The summed E-state index contributed by atoms with van der Waals surface area (Å²) < 4.78 is 84.5. The summed E-state index contributed by atoms with van der Waals surface area (Å²) >= 11 is 0. The van der Waals surface area contributed by atoms with Crippen molar-refractivity contribution in [3.63, 3.8) is 0 Å². The molecule has 0 spiro atoms. The number of ether oxygens (including phenoxy) is 2. The summed E-state index contributed by atoms with van der Waals surface area (Å²) in [5.74, 6) is 0.670. The number of benzene rings is 1. The van der Waals surface area contributed by atoms with Gasteiger partial charge in [0.25, 0.3) is 0 Å². The normalized spacial score (nSPS) is 17.0. The van der Waals surface area contributed by atoms with Crippen LogP contribution in [0.1, 0.15) is 23.8 Å². The molecule has 40 heavy (non-hydrogen) atoms. The van der Waals surface area contributed by atoms with Gasteiger partial charge in [-0.1, -0.05) is 6.07 Å². The minimum atomic E-state index is -4.73. The lowest BCUT2D eigenvalue weighted by Crippen LogP contribution is -2.38. The molecule has 0 bridgehead atoms. The lowest BCUT2D eigenvalue weighted by Gasteiger charge is -2.26. The summed E-state index contributed by atoms with van der Waals surface area (Å²) in [6.07, 6.45) is -3.69. The van der Waals surface area contributed by atoms with Crippen LogP contribution in [0.2, 0.25) is 0 Å². The van der Waals surface area contributed by atoms with Crippen LogP contribution in [0, 0.1) is 0 Å². The fourth-order valence-electron chi connectivity index (χ4n) is 4.58. The molecule has 1 fully saturated rings. The third-order valence-electron chi connectivity index (χ3n) is 6.80. The molecule has 0 saturated carbocycles. The van der Waals surface area contributed by atoms with Crippen LogP contribution in [0.15, 0.2) is 40.9 Å². The van der Waals surface area contributed by atoms with E-state index < -0.39 is 27.5 Å². The van der Waals surface area contributed by atoms with Crippen molar-refractivity contribution < 1.29 is 35.5 Å². The third kappa shape index (κ3) is 6.57. The number of hydrogen-bond donors (Lipinski definition) is 1. The van der Waals surface area contributed by atoms with E-state index in [2.05, 4.69) is 20.2 Å². The van der Waals surface area contributed by atoms with Crippen LogP contribution in [-0.2, 0) is 33.9 Å². The first-order valence-electron chi connectivity index (χ1n) is 13.0. The molecule has 0 unspecified atom stereocenters. The molecule has 2 aliphatic heterocycles. The second-order valence-electron chi connectivity index (χ2n) is 9.45. The van der Waals surface area contributed by atoms with E-state index in [9.17, 15) is 21.6 Å². The predicted octanol–water partition coefficient (Wildman–Crippen LogP) is 3.92. The Bertz CT molecular complexity index is 1440. The number of alkyl halides is 3. The van der Waals surface area contributed by atoms with Gasteiger partial charge in [-0.15, -0.1) is 0 Å². The summed E-state index contributed by atoms with van der Waals surface area (Å²) in [5, 5.41) is 2.94. The smallest absolute Gasteiger partial charge is 0.420 e. The number of anilines is 2. The van der Waals surface area contributed by atoms with Crippen LogP contribution >= 0.6 is 0 Å². The van der Waals surface area contributed by atoms with Gasteiger partial charge in [-0.25, -0.2) is 18.4 Å². The average Bonchev–Trinajstić information content (AvgIpc) is 3.37. The van der Waals surface area contributed by atoms with Crippen LogP contribution in [0.5, 0.6) is 5.75 Å². The van der Waals surface area contributed by atoms with Gasteiger partial charge in [-0.05, 0) is 37.1 Å². The lowest BCUT2D eigenvalue weighted by molar-refractivity contribution is -0.137. The number of nitrogens with zero attached hydrogens (tertiary/aromatic N) is 4. The van der Waals surface area contributed by atoms with Gasteiger partial charge in [0, 0.05) is 44.1 Å². The monoisotopic (exact) mass is 581 g/mol. The Labute approximate surface area is 230 Å². The van der Waals surface area contributed by atoms with E-state index in [0.29, 0.717) is 55.2 Å². The van der Waals surface area contributed by atoms with E-state index in [1.165, 1.54) is 17.3 Å². The quantitative estimate of drug-likeness (QED) is 0.402. The van der Waals surface area contributed by atoms with E-state index in [-0.39, 0.29) is 30.6 Å². The number of sulfonamides is 1. The van der Waals surface area contributed by atoms with Crippen molar-refractivity contribution in [3.8, 4) is 17.2 Å². The molecule has 0 atom stereocenters. The summed E-state index contributed by atoms with van der Waals surface area (Å²) in [6, 6.07) is 8.49. The highest BCUT2D eigenvalue weighted by atomic mass is 32.2. The molecular formula is C26H30F3N5O5S. The second kappa shape index (κ2) is 11.7. The number of hydrogen-bond acceptors (Lipinski definition) is 9. The third-order valence-corrected chi connectivity index (χ3v) is 8.63. The first-order chi connectivity index (χ1) is 19.1. The Balaban J connectivity index is 1.34. The van der Waals surface area contributed by atoms with Gasteiger partial charge < -0.3 is 19.2 Å². The molecule has 5 rings (SSSR count). The van der Waals surface area contributed by atoms with Crippen LogP contribution in [-0.4, -0.2) is 79.3 Å². The molecule has 14 heteroatoms. The lowest BCUT2D eigenvalue weighted by atomic mass is 10.1. The van der Waals surface area contributed by atoms with Crippen LogP contribution < -0.4 is 10.1 Å². The minimum Gasteiger partial charge on any atom is -0.492 e. The van der Waals surface area contributed by atoms with Crippen molar-refractivity contribution in [1.29, 1.82) is 0 Å². The second-order valence-corrected chi connectivity index (χ2v) is 11.7. The van der Waals surface area contributed by atoms with Crippen molar-refractivity contribution in [1.82, 2.24) is 19.2 Å². The SMILES string of the molecule is CCS(=O)(=O)N1CCc2cc(-c3nc(Nc4cccc(OCCN5CCOCC5)c4)ncc3C(F)(F)F)oc2C1. The molecule has 1 N–H and O–H groups in total. The molecule has 0 amide bonds. The van der Waals surface area contributed by atoms with Gasteiger partial charge in [0.1, 0.15) is 29.4 Å². The molecule has 10 nitrogen and oxygen atoms in total. The standard InChI is InChI=1S/C26H30F3N5O5S/c1-2-40(35,36)34-7-6-18-14-22(39-23(18)17-34)24-21(26(27,28)29)16-30-25(32-24)31-19-4-3-5-20(15-19)38-13-10-33-8-11-37-12-9-33/h3-5,14-16H,2,6-13,17H2,1H3,(H,30,31,32). The van der Waals surface area contributed by atoms with E-state index in [0.717, 1.165) is 19.6 Å². The van der Waals surface area contributed by atoms with Gasteiger partial charge in [0.2, 0.25) is 16.0 Å². The summed E-state index contributed by atoms with van der Waals surface area (Å²) in [5.41, 5.74) is -0.293. The summed E-state index contributed by atoms with van der Waals surface area (Å²) in [4.78, 5) is 10.3.